The average molecular weight is 248 g/mol. The summed E-state index contributed by atoms with van der Waals surface area (Å²) in [5, 5.41) is 0. The Bertz CT molecular complexity index is 430. The predicted octanol–water partition coefficient (Wildman–Crippen LogP) is 1.65. The topological polar surface area (TPSA) is 55.6 Å². The summed E-state index contributed by atoms with van der Waals surface area (Å²) in [4.78, 5) is 14.3. The van der Waals surface area contributed by atoms with Gasteiger partial charge in [-0.05, 0) is 44.0 Å². The number of amides is 1. The first kappa shape index (κ1) is 12.9. The second-order valence-electron chi connectivity index (χ2n) is 4.99. The molecule has 1 saturated heterocycles. The number of carbonyl (C=O) groups excluding carboxylic acids is 1. The highest BCUT2D eigenvalue weighted by Crippen LogP contribution is 2.29. The number of methoxy groups -OCH3 is 1. The molecule has 1 fully saturated rings. The summed E-state index contributed by atoms with van der Waals surface area (Å²) < 4.78 is 5.09. The van der Waals surface area contributed by atoms with Crippen LogP contribution in [0.25, 0.3) is 0 Å². The molecule has 1 amide bonds. The summed E-state index contributed by atoms with van der Waals surface area (Å²) in [6.07, 6.45) is 2.00. The fourth-order valence-corrected chi connectivity index (χ4v) is 2.47. The Hall–Kier alpha value is -1.55. The van der Waals surface area contributed by atoms with Crippen LogP contribution in [0.15, 0.2) is 24.3 Å². The van der Waals surface area contributed by atoms with E-state index in [0.29, 0.717) is 12.1 Å². The maximum atomic E-state index is 12.5. The van der Waals surface area contributed by atoms with Crippen LogP contribution in [0.2, 0.25) is 0 Å². The van der Waals surface area contributed by atoms with Crippen molar-refractivity contribution in [1.29, 1.82) is 0 Å². The Morgan fingerprint density at radius 3 is 2.67 bits per heavy atom. The van der Waals surface area contributed by atoms with Crippen LogP contribution in [0, 0.1) is 0 Å². The van der Waals surface area contributed by atoms with Crippen molar-refractivity contribution in [2.45, 2.75) is 25.3 Å². The zero-order valence-corrected chi connectivity index (χ0v) is 11.0. The highest BCUT2D eigenvalue weighted by atomic mass is 16.5. The highest BCUT2D eigenvalue weighted by molar-refractivity contribution is 5.95. The van der Waals surface area contributed by atoms with Crippen LogP contribution in [0.3, 0.4) is 0 Å². The Morgan fingerprint density at radius 2 is 2.11 bits per heavy atom. The molecule has 2 N–H and O–H groups in total. The minimum atomic E-state index is -0.197. The number of nitrogens with zero attached hydrogens (tertiary/aromatic N) is 1. The molecule has 0 aromatic heterocycles. The van der Waals surface area contributed by atoms with Crippen LogP contribution in [0.4, 0.5) is 0 Å². The van der Waals surface area contributed by atoms with Crippen LogP contribution >= 0.6 is 0 Å². The summed E-state index contributed by atoms with van der Waals surface area (Å²) in [7, 11) is 1.61. The lowest BCUT2D eigenvalue weighted by Crippen LogP contribution is -2.50. The predicted molar refractivity (Wildman–Crippen MR) is 70.7 cm³/mol. The van der Waals surface area contributed by atoms with Gasteiger partial charge in [0.1, 0.15) is 5.75 Å². The number of benzene rings is 1. The van der Waals surface area contributed by atoms with Crippen molar-refractivity contribution in [2.75, 3.05) is 20.2 Å². The molecule has 1 atom stereocenters. The first-order valence-electron chi connectivity index (χ1n) is 6.27. The van der Waals surface area contributed by atoms with Gasteiger partial charge in [0.05, 0.1) is 12.6 Å². The Balaban J connectivity index is 2.20. The summed E-state index contributed by atoms with van der Waals surface area (Å²) in [6, 6.07) is 7.22. The molecule has 0 saturated carbocycles. The lowest BCUT2D eigenvalue weighted by Gasteiger charge is -2.34. The Kier molecular flexibility index (Phi) is 3.57. The van der Waals surface area contributed by atoms with Gasteiger partial charge in [-0.1, -0.05) is 0 Å². The number of hydrogen-bond acceptors (Lipinski definition) is 3. The number of carbonyl (C=O) groups is 1. The van der Waals surface area contributed by atoms with E-state index in [1.807, 2.05) is 17.0 Å². The molecule has 1 unspecified atom stereocenters. The molecule has 2 rings (SSSR count). The van der Waals surface area contributed by atoms with E-state index in [1.165, 1.54) is 0 Å². The quantitative estimate of drug-likeness (QED) is 0.885. The first-order valence-corrected chi connectivity index (χ1v) is 6.27. The Labute approximate surface area is 108 Å². The molecule has 18 heavy (non-hydrogen) atoms. The van der Waals surface area contributed by atoms with Gasteiger partial charge in [0.2, 0.25) is 0 Å². The van der Waals surface area contributed by atoms with Crippen molar-refractivity contribution in [3.8, 4) is 5.75 Å². The molecule has 1 aromatic carbocycles. The fraction of sp³-hybridized carbons (Fsp3) is 0.500. The molecule has 1 aliphatic heterocycles. The molecule has 98 valence electrons. The normalized spacial score (nSPS) is 23.2. The van der Waals surface area contributed by atoms with Crippen LogP contribution in [-0.2, 0) is 0 Å². The number of ether oxygens (including phenoxy) is 1. The molecule has 0 radical (unpaired) electrons. The largest absolute Gasteiger partial charge is 0.497 e. The van der Waals surface area contributed by atoms with E-state index in [2.05, 4.69) is 6.92 Å². The summed E-state index contributed by atoms with van der Waals surface area (Å²) >= 11 is 0. The molecular formula is C14H20N2O2. The van der Waals surface area contributed by atoms with Crippen LogP contribution in [0.1, 0.15) is 30.1 Å². The van der Waals surface area contributed by atoms with Crippen LogP contribution in [0.5, 0.6) is 5.75 Å². The molecule has 0 bridgehead atoms. The first-order chi connectivity index (χ1) is 8.60. The van der Waals surface area contributed by atoms with Crippen molar-refractivity contribution in [1.82, 2.24) is 4.90 Å². The lowest BCUT2D eigenvalue weighted by atomic mass is 9.98. The number of nitrogens with two attached hydrogens (primary N) is 1. The highest BCUT2D eigenvalue weighted by Gasteiger charge is 2.38. The molecule has 1 aliphatic rings. The van der Waals surface area contributed by atoms with Gasteiger partial charge in [-0.3, -0.25) is 4.79 Å². The van der Waals surface area contributed by atoms with Gasteiger partial charge in [-0.25, -0.2) is 0 Å². The summed E-state index contributed by atoms with van der Waals surface area (Å²) in [6.45, 7) is 3.36. The molecule has 0 aliphatic carbocycles. The van der Waals surface area contributed by atoms with Gasteiger partial charge in [0.15, 0.2) is 0 Å². The summed E-state index contributed by atoms with van der Waals surface area (Å²) in [5.74, 6) is 0.817. The van der Waals surface area contributed by atoms with Gasteiger partial charge in [0.25, 0.3) is 5.91 Å². The van der Waals surface area contributed by atoms with Crippen molar-refractivity contribution in [2.24, 2.45) is 5.73 Å². The van der Waals surface area contributed by atoms with Crippen molar-refractivity contribution < 1.29 is 9.53 Å². The third-order valence-corrected chi connectivity index (χ3v) is 3.77. The zero-order valence-electron chi connectivity index (χ0n) is 11.0. The van der Waals surface area contributed by atoms with E-state index in [4.69, 9.17) is 10.5 Å². The van der Waals surface area contributed by atoms with E-state index < -0.39 is 0 Å². The fourth-order valence-electron chi connectivity index (χ4n) is 2.47. The Morgan fingerprint density at radius 1 is 1.44 bits per heavy atom. The smallest absolute Gasteiger partial charge is 0.254 e. The molecular weight excluding hydrogens is 228 g/mol. The molecule has 4 nitrogen and oxygen atoms in total. The van der Waals surface area contributed by atoms with E-state index in [1.54, 1.807) is 19.2 Å². The SMILES string of the molecule is COc1ccc(C(=O)N2CCCC2(C)CN)cc1. The van der Waals surface area contributed by atoms with E-state index in [9.17, 15) is 4.79 Å². The van der Waals surface area contributed by atoms with Gasteiger partial charge in [0, 0.05) is 18.7 Å². The number of rotatable bonds is 3. The number of likely N-dealkylation sites (tertiary alicyclic amines) is 1. The average Bonchev–Trinajstić information content (AvgIpc) is 2.81. The zero-order chi connectivity index (χ0) is 13.2. The molecule has 1 aromatic rings. The van der Waals surface area contributed by atoms with Crippen molar-refractivity contribution in [3.63, 3.8) is 0 Å². The maximum absolute atomic E-state index is 12.5. The monoisotopic (exact) mass is 248 g/mol. The molecule has 4 heteroatoms. The number of hydrogen-bond donors (Lipinski definition) is 1. The van der Waals surface area contributed by atoms with Gasteiger partial charge in [-0.2, -0.15) is 0 Å². The lowest BCUT2D eigenvalue weighted by molar-refractivity contribution is 0.0637. The minimum Gasteiger partial charge on any atom is -0.497 e. The van der Waals surface area contributed by atoms with Crippen molar-refractivity contribution in [3.05, 3.63) is 29.8 Å². The van der Waals surface area contributed by atoms with Crippen LogP contribution in [-0.4, -0.2) is 36.5 Å². The molecule has 0 spiro atoms. The van der Waals surface area contributed by atoms with Crippen molar-refractivity contribution >= 4 is 5.91 Å². The van der Waals surface area contributed by atoms with Crippen LogP contribution < -0.4 is 10.5 Å². The summed E-state index contributed by atoms with van der Waals surface area (Å²) in [5.41, 5.74) is 6.30. The van der Waals surface area contributed by atoms with Gasteiger partial charge < -0.3 is 15.4 Å². The minimum absolute atomic E-state index is 0.0584. The van der Waals surface area contributed by atoms with E-state index >= 15 is 0 Å². The standard InChI is InChI=1S/C14H20N2O2/c1-14(10-15)8-3-9-16(14)13(17)11-4-6-12(18-2)7-5-11/h4-7H,3,8-10,15H2,1-2H3. The molecule has 1 heterocycles. The van der Waals surface area contributed by atoms with Gasteiger partial charge >= 0.3 is 0 Å². The maximum Gasteiger partial charge on any atom is 0.254 e. The van der Waals surface area contributed by atoms with E-state index in [-0.39, 0.29) is 11.4 Å². The van der Waals surface area contributed by atoms with E-state index in [0.717, 1.165) is 25.1 Å². The second-order valence-corrected chi connectivity index (χ2v) is 4.99. The second kappa shape index (κ2) is 4.98. The van der Waals surface area contributed by atoms with Gasteiger partial charge in [-0.15, -0.1) is 0 Å². The third-order valence-electron chi connectivity index (χ3n) is 3.77. The third kappa shape index (κ3) is 2.20.